The Morgan fingerprint density at radius 2 is 1.04 bits per heavy atom. The molecular formula is C48H54Cl2IN19O8S2. The number of hydrogen-bond acceptors (Lipinski definition) is 18. The molecule has 0 aromatic carbocycles. The molecule has 0 aliphatic carbocycles. The fraction of sp³-hybridized carbons (Fsp3) is 0.167. The SMILES string of the molecule is CS(=O)(=O)c1nn2ccccc2c1[N+](=O)[O-].CSc1nn2ccccc2c1[N+](=O)[O-].Cl.Cl.N[n+]1ccccc1.Nc1c(NCCCn2cccc2)nn2ccccc12.O=[N+]([O-])c1c(NCCCn2ccnc2)nn2ccccc12.[I-]. The van der Waals surface area contributed by atoms with Gasteiger partial charge in [-0.15, -0.1) is 51.9 Å². The Hall–Kier alpha value is -8.59. The summed E-state index contributed by atoms with van der Waals surface area (Å²) in [6, 6.07) is 30.7. The highest BCUT2D eigenvalue weighted by atomic mass is 127. The second kappa shape index (κ2) is 30.5. The van der Waals surface area contributed by atoms with Crippen molar-refractivity contribution in [3.8, 4) is 0 Å². The number of nitro groups is 3. The number of rotatable bonds is 15. The Labute approximate surface area is 489 Å². The first kappa shape index (κ1) is 63.9. The fourth-order valence-electron chi connectivity index (χ4n) is 7.38. The molecule has 32 heteroatoms. The van der Waals surface area contributed by atoms with Gasteiger partial charge in [0.25, 0.3) is 5.03 Å². The number of halogens is 3. The van der Waals surface area contributed by atoms with Gasteiger partial charge in [-0.2, -0.15) is 5.10 Å². The van der Waals surface area contributed by atoms with Gasteiger partial charge in [0.15, 0.2) is 23.2 Å². The van der Waals surface area contributed by atoms with Crippen LogP contribution < -0.4 is 50.9 Å². The van der Waals surface area contributed by atoms with Gasteiger partial charge in [0.05, 0.1) is 26.6 Å². The van der Waals surface area contributed by atoms with Gasteiger partial charge < -0.3 is 49.5 Å². The fourth-order valence-corrected chi connectivity index (χ4v) is 8.69. The molecule has 0 saturated heterocycles. The van der Waals surface area contributed by atoms with Crippen LogP contribution in [0.2, 0.25) is 0 Å². The molecule has 0 saturated carbocycles. The molecule has 6 N–H and O–H groups in total. The van der Waals surface area contributed by atoms with Crippen molar-refractivity contribution in [1.29, 1.82) is 0 Å². The van der Waals surface area contributed by atoms with Crippen molar-refractivity contribution in [2.24, 2.45) is 0 Å². The standard InChI is InChI=1S/C14H17N5.C13H14N6O2.C8H7N3O4S.C8H7N3O2S.C5H7N2.2ClH.HI/c15-13-12-6-1-2-11-19(12)17-14(13)16-7-5-10-18-8-3-4-9-18;20-19(21)12-11-4-1-2-8-18(11)16-13(12)15-5-3-7-17-9-6-14-10-17;1-16(14,15)8-7(11(12)13)6-4-2-3-5-10(6)9-8;1-14-8-7(11(12)13)6-4-2-3-5-10(6)9-8;6-7-4-2-1-3-5-7;;;/h1-4,6,8-9,11H,5,7,10,15H2,(H,16,17);1-2,4,6,8-10H,3,5,7H2,(H,15,16);2-5H,1H3;2-5H,1H3;1-5H,6H2;3*1H/q;;;;+1;;;/p-1. The number of sulfone groups is 1. The number of nitrogen functional groups attached to an aromatic ring is 2. The molecule has 0 bridgehead atoms. The van der Waals surface area contributed by atoms with Crippen molar-refractivity contribution in [3.05, 3.63) is 202 Å². The normalized spacial score (nSPS) is 10.4. The van der Waals surface area contributed by atoms with Crippen LogP contribution in [0.1, 0.15) is 12.8 Å². The number of fused-ring (bicyclic) bond motifs is 4. The van der Waals surface area contributed by atoms with E-state index in [1.54, 1.807) is 96.6 Å². The zero-order valence-electron chi connectivity index (χ0n) is 42.5. The van der Waals surface area contributed by atoms with E-state index in [4.69, 9.17) is 11.6 Å². The Morgan fingerprint density at radius 1 is 0.588 bits per heavy atom. The number of nitrogens with zero attached hydrogens (tertiary/aromatic N) is 15. The molecule has 0 amide bonds. The first-order valence-electron chi connectivity index (χ1n) is 23.2. The predicted octanol–water partition coefficient (Wildman–Crippen LogP) is 4.31. The highest BCUT2D eigenvalue weighted by molar-refractivity contribution is 7.98. The number of thioether (sulfide) groups is 1. The highest BCUT2D eigenvalue weighted by Crippen LogP contribution is 2.31. The molecule has 422 valence electrons. The smallest absolute Gasteiger partial charge is 0.338 e. The molecule has 0 atom stereocenters. The van der Waals surface area contributed by atoms with Crippen LogP contribution in [0.25, 0.3) is 22.1 Å². The Morgan fingerprint density at radius 3 is 1.51 bits per heavy atom. The number of aryl methyl sites for hydroxylation is 2. The van der Waals surface area contributed by atoms with Crippen molar-refractivity contribution >= 4 is 103 Å². The van der Waals surface area contributed by atoms with E-state index in [0.717, 1.165) is 50.1 Å². The monoisotopic (exact) mass is 1290 g/mol. The van der Waals surface area contributed by atoms with Crippen LogP contribution in [0, 0.1) is 30.3 Å². The van der Waals surface area contributed by atoms with Crippen LogP contribution in [0.15, 0.2) is 181 Å². The summed E-state index contributed by atoms with van der Waals surface area (Å²) in [4.78, 5) is 35.3. The summed E-state index contributed by atoms with van der Waals surface area (Å²) < 4.78 is 34.3. The summed E-state index contributed by atoms with van der Waals surface area (Å²) in [6.07, 6.45) is 24.3. The lowest BCUT2D eigenvalue weighted by Gasteiger charge is -2.04. The summed E-state index contributed by atoms with van der Waals surface area (Å²) >= 11 is 1.28. The second-order valence-electron chi connectivity index (χ2n) is 16.2. The maximum atomic E-state index is 11.3. The number of aromatic nitrogens is 12. The van der Waals surface area contributed by atoms with Crippen molar-refractivity contribution in [2.45, 2.75) is 36.0 Å². The van der Waals surface area contributed by atoms with Crippen molar-refractivity contribution in [1.82, 2.24) is 52.6 Å². The Kier molecular flexibility index (Phi) is 24.4. The molecule has 80 heavy (non-hydrogen) atoms. The Bertz CT molecular complexity index is 3850. The number of anilines is 3. The van der Waals surface area contributed by atoms with Crippen LogP contribution >= 0.6 is 36.6 Å². The third-order valence-corrected chi connectivity index (χ3v) is 12.5. The highest BCUT2D eigenvalue weighted by Gasteiger charge is 2.30. The topological polar surface area (TPSA) is 335 Å². The molecule has 0 aliphatic heterocycles. The summed E-state index contributed by atoms with van der Waals surface area (Å²) in [7, 11) is -3.71. The quantitative estimate of drug-likeness (QED) is 0.0211. The van der Waals surface area contributed by atoms with E-state index in [0.29, 0.717) is 34.1 Å². The van der Waals surface area contributed by atoms with Crippen LogP contribution in [0.4, 0.5) is 34.4 Å². The minimum atomic E-state index is -3.71. The van der Waals surface area contributed by atoms with Crippen molar-refractivity contribution in [3.63, 3.8) is 0 Å². The number of pyridine rings is 5. The molecule has 0 spiro atoms. The lowest BCUT2D eigenvalue weighted by atomic mass is 10.3. The summed E-state index contributed by atoms with van der Waals surface area (Å²) in [5.74, 6) is 6.34. The molecule has 0 fully saturated rings. The lowest BCUT2D eigenvalue weighted by molar-refractivity contribution is -0.638. The van der Waals surface area contributed by atoms with E-state index in [2.05, 4.69) is 53.0 Å². The molecule has 11 heterocycles. The molecule has 11 rings (SSSR count). The largest absolute Gasteiger partial charge is 1.00 e. The van der Waals surface area contributed by atoms with Crippen molar-refractivity contribution in [2.75, 3.05) is 47.8 Å². The van der Waals surface area contributed by atoms with E-state index in [1.165, 1.54) is 42.2 Å². The molecule has 27 nitrogen and oxygen atoms in total. The average Bonchev–Trinajstić information content (AvgIpc) is 4.30. The lowest BCUT2D eigenvalue weighted by Crippen LogP contribution is -3.00. The van der Waals surface area contributed by atoms with Gasteiger partial charge >= 0.3 is 17.1 Å². The van der Waals surface area contributed by atoms with Crippen LogP contribution in [-0.2, 0) is 22.9 Å². The van der Waals surface area contributed by atoms with Crippen molar-refractivity contribution < 1.29 is 51.8 Å². The van der Waals surface area contributed by atoms with Gasteiger partial charge in [-0.05, 0) is 79.8 Å². The minimum Gasteiger partial charge on any atom is -1.00 e. The number of imidazole rings is 1. The Balaban J connectivity index is 0.000000220. The molecule has 0 radical (unpaired) electrons. The minimum absolute atomic E-state index is 0. The molecular weight excluding hydrogens is 1230 g/mol. The van der Waals surface area contributed by atoms with Crippen LogP contribution in [-0.4, -0.2) is 101 Å². The first-order chi connectivity index (χ1) is 37.1. The number of nitrogens with one attached hydrogen (secondary N) is 2. The average molecular weight is 1290 g/mol. The van der Waals surface area contributed by atoms with Gasteiger partial charge in [0.2, 0.25) is 15.7 Å². The van der Waals surface area contributed by atoms with Gasteiger partial charge in [0, 0.05) is 94.1 Å². The van der Waals surface area contributed by atoms with Gasteiger partial charge in [-0.25, -0.2) is 37.3 Å². The van der Waals surface area contributed by atoms with Crippen LogP contribution in [0.3, 0.4) is 0 Å². The third-order valence-electron chi connectivity index (χ3n) is 10.9. The molecule has 11 aromatic rings. The number of nitrogens with two attached hydrogens (primary N) is 2. The second-order valence-corrected chi connectivity index (χ2v) is 19.0. The zero-order valence-corrected chi connectivity index (χ0v) is 48.0. The van der Waals surface area contributed by atoms with E-state index < -0.39 is 35.3 Å². The van der Waals surface area contributed by atoms with E-state index >= 15 is 0 Å². The number of hydrogen-bond donors (Lipinski definition) is 4. The molecule has 11 aromatic heterocycles. The molecule has 0 unspecified atom stereocenters. The van der Waals surface area contributed by atoms with Gasteiger partial charge in [0.1, 0.15) is 22.2 Å². The van der Waals surface area contributed by atoms with Gasteiger partial charge in [-0.3, -0.25) is 30.3 Å². The van der Waals surface area contributed by atoms with E-state index in [9.17, 15) is 38.8 Å². The van der Waals surface area contributed by atoms with E-state index in [-0.39, 0.29) is 65.7 Å². The third kappa shape index (κ3) is 16.7. The molecule has 0 aliphatic rings. The first-order valence-corrected chi connectivity index (χ1v) is 26.3. The van der Waals surface area contributed by atoms with E-state index in [1.807, 2.05) is 65.5 Å². The maximum absolute atomic E-state index is 11.3. The predicted molar refractivity (Wildman–Crippen MR) is 304 cm³/mol. The van der Waals surface area contributed by atoms with Crippen LogP contribution in [0.5, 0.6) is 0 Å². The summed E-state index contributed by atoms with van der Waals surface area (Å²) in [5.41, 5.74) is 8.50. The van der Waals surface area contributed by atoms with Gasteiger partial charge in [-0.1, -0.05) is 35.0 Å². The summed E-state index contributed by atoms with van der Waals surface area (Å²) in [6.45, 7) is 3.25. The zero-order chi connectivity index (χ0) is 54.9. The summed E-state index contributed by atoms with van der Waals surface area (Å²) in [5, 5.41) is 55.5. The maximum Gasteiger partial charge on any atom is 0.338 e.